The van der Waals surface area contributed by atoms with Gasteiger partial charge >= 0.3 is 6.03 Å². The van der Waals surface area contributed by atoms with Crippen molar-refractivity contribution in [2.24, 2.45) is 11.1 Å². The maximum atomic E-state index is 14.9. The van der Waals surface area contributed by atoms with Crippen molar-refractivity contribution < 1.29 is 9.18 Å². The Bertz CT molecular complexity index is 1140. The summed E-state index contributed by atoms with van der Waals surface area (Å²) in [4.78, 5) is 22.5. The molecule has 2 amide bonds. The number of piperazine rings is 1. The van der Waals surface area contributed by atoms with Crippen LogP contribution in [0.25, 0.3) is 11.3 Å². The van der Waals surface area contributed by atoms with Crippen LogP contribution >= 0.6 is 0 Å². The number of hydrogen-bond acceptors (Lipinski definition) is 4. The highest BCUT2D eigenvalue weighted by Gasteiger charge is 2.41. The van der Waals surface area contributed by atoms with Gasteiger partial charge < -0.3 is 25.4 Å². The van der Waals surface area contributed by atoms with Crippen LogP contribution in [0.3, 0.4) is 0 Å². The first-order valence-electron chi connectivity index (χ1n) is 13.0. The highest BCUT2D eigenvalue weighted by molar-refractivity contribution is 5.75. The Balaban J connectivity index is 1.83. The van der Waals surface area contributed by atoms with E-state index in [1.807, 2.05) is 54.7 Å². The zero-order valence-corrected chi connectivity index (χ0v) is 22.1. The quantitative estimate of drug-likeness (QED) is 0.477. The summed E-state index contributed by atoms with van der Waals surface area (Å²) in [5.74, 6) is 0.739. The average molecular weight is 507 g/mol. The molecule has 198 valence electrons. The van der Waals surface area contributed by atoms with E-state index in [-0.39, 0.29) is 19.1 Å². The van der Waals surface area contributed by atoms with Crippen LogP contribution in [0.1, 0.15) is 38.2 Å². The van der Waals surface area contributed by atoms with Crippen LogP contribution in [0.2, 0.25) is 0 Å². The number of aromatic nitrogens is 2. The number of alkyl halides is 1. The molecular weight excluding hydrogens is 467 g/mol. The lowest BCUT2D eigenvalue weighted by atomic mass is 9.84. The number of nitrogens with one attached hydrogen (secondary N) is 1. The second-order valence-corrected chi connectivity index (χ2v) is 10.7. The van der Waals surface area contributed by atoms with E-state index in [1.54, 1.807) is 9.80 Å². The number of urea groups is 1. The Morgan fingerprint density at radius 2 is 1.70 bits per heavy atom. The van der Waals surface area contributed by atoms with Gasteiger partial charge in [0.2, 0.25) is 0 Å². The maximum absolute atomic E-state index is 14.9. The van der Waals surface area contributed by atoms with Crippen LogP contribution in [-0.4, -0.2) is 70.8 Å². The summed E-state index contributed by atoms with van der Waals surface area (Å²) in [5, 5.41) is 3.29. The zero-order chi connectivity index (χ0) is 26.4. The summed E-state index contributed by atoms with van der Waals surface area (Å²) in [6.07, 6.45) is 0.711. The molecule has 0 spiro atoms. The minimum absolute atomic E-state index is 0.0833. The van der Waals surface area contributed by atoms with Gasteiger partial charge in [-0.05, 0) is 11.0 Å². The van der Waals surface area contributed by atoms with Crippen molar-refractivity contribution in [1.82, 2.24) is 24.7 Å². The molecule has 2 aromatic carbocycles. The first kappa shape index (κ1) is 26.8. The molecule has 3 aromatic rings. The van der Waals surface area contributed by atoms with E-state index in [4.69, 9.17) is 10.7 Å². The summed E-state index contributed by atoms with van der Waals surface area (Å²) in [6.45, 7) is 9.20. The normalized spacial score (nSPS) is 15.9. The first-order chi connectivity index (χ1) is 17.8. The predicted octanol–water partition coefficient (Wildman–Crippen LogP) is 4.31. The SMILES string of the molecule is CC(C)(C)C(c1nc(-c2ccccc2)cn1Cc1ccccc1)N(CC(F)CN)C(=O)N1CCNCC1. The molecule has 4 rings (SSSR count). The van der Waals surface area contributed by atoms with Crippen LogP contribution in [0, 0.1) is 5.41 Å². The highest BCUT2D eigenvalue weighted by atomic mass is 19.1. The third kappa shape index (κ3) is 6.56. The molecule has 2 heterocycles. The smallest absolute Gasteiger partial charge is 0.320 e. The molecule has 0 aliphatic carbocycles. The summed E-state index contributed by atoms with van der Waals surface area (Å²) >= 11 is 0. The number of carbonyl (C=O) groups is 1. The van der Waals surface area contributed by atoms with Crippen molar-refractivity contribution in [1.29, 1.82) is 0 Å². The molecule has 1 aliphatic heterocycles. The molecule has 1 fully saturated rings. The fraction of sp³-hybridized carbons (Fsp3) is 0.448. The van der Waals surface area contributed by atoms with Gasteiger partial charge in [-0.15, -0.1) is 0 Å². The van der Waals surface area contributed by atoms with Gasteiger partial charge in [0.15, 0.2) is 0 Å². The monoisotopic (exact) mass is 506 g/mol. The Labute approximate surface area is 219 Å². The number of hydrogen-bond donors (Lipinski definition) is 2. The summed E-state index contributed by atoms with van der Waals surface area (Å²) in [5.41, 5.74) is 8.22. The number of amides is 2. The predicted molar refractivity (Wildman–Crippen MR) is 146 cm³/mol. The molecular formula is C29H39FN6O. The summed E-state index contributed by atoms with van der Waals surface area (Å²) < 4.78 is 17.0. The van der Waals surface area contributed by atoms with Gasteiger partial charge in [0.1, 0.15) is 12.0 Å². The van der Waals surface area contributed by atoms with E-state index in [1.165, 1.54) is 0 Å². The van der Waals surface area contributed by atoms with E-state index in [9.17, 15) is 9.18 Å². The number of rotatable bonds is 8. The van der Waals surface area contributed by atoms with Crippen molar-refractivity contribution in [2.45, 2.75) is 39.5 Å². The highest BCUT2D eigenvalue weighted by Crippen LogP contribution is 2.40. The fourth-order valence-electron chi connectivity index (χ4n) is 4.92. The van der Waals surface area contributed by atoms with E-state index >= 15 is 0 Å². The molecule has 0 saturated carbocycles. The molecule has 2 unspecified atom stereocenters. The minimum atomic E-state index is -1.33. The standard InChI is InChI=1S/C29H39FN6O/c1-29(2,3)26(36(20-24(30)18-31)28(37)34-16-14-32-15-17-34)27-33-25(23-12-8-5-9-13-23)21-35(27)19-22-10-6-4-7-11-22/h4-13,21,24,26,32H,14-20,31H2,1-3H3. The van der Waals surface area contributed by atoms with E-state index in [0.29, 0.717) is 19.6 Å². The van der Waals surface area contributed by atoms with E-state index < -0.39 is 17.6 Å². The van der Waals surface area contributed by atoms with Gasteiger partial charge in [0.05, 0.1) is 18.3 Å². The zero-order valence-electron chi connectivity index (χ0n) is 22.1. The van der Waals surface area contributed by atoms with Crippen LogP contribution in [-0.2, 0) is 6.54 Å². The average Bonchev–Trinajstić information content (AvgIpc) is 3.31. The number of halogens is 1. The second-order valence-electron chi connectivity index (χ2n) is 10.7. The fourth-order valence-corrected chi connectivity index (χ4v) is 4.92. The van der Waals surface area contributed by atoms with Crippen LogP contribution in [0.15, 0.2) is 66.9 Å². The van der Waals surface area contributed by atoms with Crippen molar-refractivity contribution in [3.8, 4) is 11.3 Å². The number of nitrogens with zero attached hydrogens (tertiary/aromatic N) is 4. The summed E-state index contributed by atoms with van der Waals surface area (Å²) in [6, 6.07) is 19.5. The Kier molecular flexibility index (Phi) is 8.61. The lowest BCUT2D eigenvalue weighted by Crippen LogP contribution is -2.55. The van der Waals surface area contributed by atoms with Gasteiger partial charge in [-0.2, -0.15) is 0 Å². The van der Waals surface area contributed by atoms with Gasteiger partial charge in [-0.25, -0.2) is 14.2 Å². The maximum Gasteiger partial charge on any atom is 0.320 e. The lowest BCUT2D eigenvalue weighted by molar-refractivity contribution is 0.0654. The second kappa shape index (κ2) is 11.9. The van der Waals surface area contributed by atoms with Crippen molar-refractivity contribution in [3.05, 3.63) is 78.2 Å². The Hall–Kier alpha value is -3.23. The molecule has 1 saturated heterocycles. The van der Waals surface area contributed by atoms with Gasteiger partial charge in [0, 0.05) is 51.0 Å². The van der Waals surface area contributed by atoms with Crippen LogP contribution < -0.4 is 11.1 Å². The Morgan fingerprint density at radius 3 is 2.30 bits per heavy atom. The van der Waals surface area contributed by atoms with Crippen LogP contribution in [0.4, 0.5) is 9.18 Å². The number of benzene rings is 2. The topological polar surface area (TPSA) is 79.4 Å². The molecule has 1 aromatic heterocycles. The number of imidazole rings is 1. The molecule has 0 bridgehead atoms. The molecule has 2 atom stereocenters. The molecule has 8 heteroatoms. The van der Waals surface area contributed by atoms with E-state index in [2.05, 4.69) is 42.8 Å². The van der Waals surface area contributed by atoms with Gasteiger partial charge in [-0.3, -0.25) is 0 Å². The lowest BCUT2D eigenvalue weighted by Gasteiger charge is -2.43. The van der Waals surface area contributed by atoms with Crippen molar-refractivity contribution >= 4 is 6.03 Å². The summed E-state index contributed by atoms with van der Waals surface area (Å²) in [7, 11) is 0. The van der Waals surface area contributed by atoms with Gasteiger partial charge in [0.25, 0.3) is 0 Å². The third-order valence-corrected chi connectivity index (χ3v) is 6.73. The molecule has 37 heavy (non-hydrogen) atoms. The Morgan fingerprint density at radius 1 is 1.08 bits per heavy atom. The minimum Gasteiger partial charge on any atom is -0.328 e. The first-order valence-corrected chi connectivity index (χ1v) is 13.0. The molecule has 7 nitrogen and oxygen atoms in total. The molecule has 1 aliphatic rings. The molecule has 0 radical (unpaired) electrons. The van der Waals surface area contributed by atoms with Gasteiger partial charge in [-0.1, -0.05) is 81.4 Å². The number of carbonyl (C=O) groups excluding carboxylic acids is 1. The molecule has 3 N–H and O–H groups in total. The van der Waals surface area contributed by atoms with Crippen LogP contribution in [0.5, 0.6) is 0 Å². The largest absolute Gasteiger partial charge is 0.328 e. The third-order valence-electron chi connectivity index (χ3n) is 6.73. The number of nitrogens with two attached hydrogens (primary N) is 1. The van der Waals surface area contributed by atoms with Crippen molar-refractivity contribution in [3.63, 3.8) is 0 Å². The van der Waals surface area contributed by atoms with E-state index in [0.717, 1.165) is 35.7 Å². The van der Waals surface area contributed by atoms with Crippen molar-refractivity contribution in [2.75, 3.05) is 39.3 Å².